The molecule has 1 aliphatic heterocycles. The molecule has 0 unspecified atom stereocenters. The van der Waals surface area contributed by atoms with Crippen LogP contribution < -0.4 is 10.6 Å². The number of carbonyl (C=O) groups is 2. The molecule has 0 radical (unpaired) electrons. The highest BCUT2D eigenvalue weighted by Gasteiger charge is 2.26. The first-order valence-corrected chi connectivity index (χ1v) is 6.09. The van der Waals surface area contributed by atoms with E-state index in [1.807, 2.05) is 0 Å². The van der Waals surface area contributed by atoms with E-state index in [-0.39, 0.29) is 17.4 Å². The van der Waals surface area contributed by atoms with Gasteiger partial charge in [-0.2, -0.15) is 5.26 Å². The zero-order valence-electron chi connectivity index (χ0n) is 11.2. The Morgan fingerprint density at radius 2 is 1.91 bits per heavy atom. The van der Waals surface area contributed by atoms with Crippen LogP contribution >= 0.6 is 0 Å². The summed E-state index contributed by atoms with van der Waals surface area (Å²) >= 11 is 0. The number of carboxylic acids is 1. The summed E-state index contributed by atoms with van der Waals surface area (Å²) < 4.78 is 5.11. The molecular formula is C14H11N3O5. The van der Waals surface area contributed by atoms with Gasteiger partial charge in [0.25, 0.3) is 0 Å². The zero-order valence-corrected chi connectivity index (χ0v) is 11.2. The van der Waals surface area contributed by atoms with Crippen molar-refractivity contribution in [2.45, 2.75) is 0 Å². The minimum absolute atomic E-state index is 0.353. The number of aliphatic hydroxyl groups excluding tert-OH is 1. The van der Waals surface area contributed by atoms with Crippen LogP contribution in [0.15, 0.2) is 53.5 Å². The van der Waals surface area contributed by atoms with E-state index in [4.69, 9.17) is 15.1 Å². The minimum Gasteiger partial charge on any atom is -0.493 e. The summed E-state index contributed by atoms with van der Waals surface area (Å²) in [6.07, 6.45) is 0. The molecule has 22 heavy (non-hydrogen) atoms. The molecule has 1 aromatic carbocycles. The number of rotatable bonds is 5. The number of carbonyl (C=O) groups excluding carboxylic acids is 1. The summed E-state index contributed by atoms with van der Waals surface area (Å²) in [7, 11) is 0. The van der Waals surface area contributed by atoms with Gasteiger partial charge in [-0.05, 0) is 0 Å². The molecule has 0 aromatic heterocycles. The van der Waals surface area contributed by atoms with Crippen LogP contribution in [-0.2, 0) is 9.53 Å². The summed E-state index contributed by atoms with van der Waals surface area (Å²) in [6.45, 7) is -0.431. The molecule has 112 valence electrons. The summed E-state index contributed by atoms with van der Waals surface area (Å²) in [5.74, 6) is -2.72. The zero-order chi connectivity index (χ0) is 16.1. The number of ether oxygens (including phenoxy) is 1. The van der Waals surface area contributed by atoms with E-state index in [1.54, 1.807) is 36.4 Å². The van der Waals surface area contributed by atoms with E-state index < -0.39 is 24.2 Å². The Hall–Kier alpha value is -3.47. The van der Waals surface area contributed by atoms with Gasteiger partial charge in [-0.25, -0.2) is 4.79 Å². The normalized spacial score (nSPS) is 13.8. The van der Waals surface area contributed by atoms with Crippen LogP contribution in [0, 0.1) is 11.3 Å². The molecule has 2 rings (SSSR count). The number of carboxylic acid groups (broad SMARTS) is 1. The first kappa shape index (κ1) is 14.9. The lowest BCUT2D eigenvalue weighted by Gasteiger charge is -2.20. The van der Waals surface area contributed by atoms with Gasteiger partial charge in [0.1, 0.15) is 6.07 Å². The molecule has 0 fully saturated rings. The molecule has 0 atom stereocenters. The molecule has 0 aliphatic carbocycles. The van der Waals surface area contributed by atoms with Gasteiger partial charge in [0, 0.05) is 5.56 Å². The van der Waals surface area contributed by atoms with Crippen LogP contribution in [0.4, 0.5) is 0 Å². The van der Waals surface area contributed by atoms with Crippen LogP contribution in [0.25, 0.3) is 0 Å². The fourth-order valence-electron chi connectivity index (χ4n) is 1.66. The number of aliphatic carboxylic acids is 1. The number of aliphatic hydroxyl groups is 1. The lowest BCUT2D eigenvalue weighted by molar-refractivity contribution is -0.133. The van der Waals surface area contributed by atoms with Crippen LogP contribution in [0.2, 0.25) is 0 Å². The first-order valence-electron chi connectivity index (χ1n) is 6.09. The monoisotopic (exact) mass is 301 g/mol. The molecule has 0 saturated carbocycles. The van der Waals surface area contributed by atoms with Gasteiger partial charge in [0.15, 0.2) is 23.8 Å². The summed E-state index contributed by atoms with van der Waals surface area (Å²) in [6, 6.07) is 9.89. The van der Waals surface area contributed by atoms with Crippen molar-refractivity contribution in [1.82, 2.24) is 10.6 Å². The Morgan fingerprint density at radius 1 is 1.23 bits per heavy atom. The summed E-state index contributed by atoms with van der Waals surface area (Å²) in [4.78, 5) is 23.0. The molecule has 8 heteroatoms. The van der Waals surface area contributed by atoms with Crippen LogP contribution in [0.3, 0.4) is 0 Å². The van der Waals surface area contributed by atoms with E-state index in [2.05, 4.69) is 10.6 Å². The van der Waals surface area contributed by atoms with Gasteiger partial charge >= 0.3 is 5.97 Å². The highest BCUT2D eigenvalue weighted by Crippen LogP contribution is 2.13. The number of Topliss-reactive ketones (excluding diaryl/α,β-unsaturated/α-hetero) is 1. The number of ketones is 1. The predicted molar refractivity (Wildman–Crippen MR) is 72.9 cm³/mol. The number of nitrogens with one attached hydrogen (secondary N) is 2. The molecule has 0 spiro atoms. The SMILES string of the molecule is N#CC1=C(O)NC(OCC(=O)c2ccccc2)=C(C(=O)O)N1. The first-order chi connectivity index (χ1) is 10.5. The fraction of sp³-hybridized carbons (Fsp3) is 0.0714. The van der Waals surface area contributed by atoms with Crippen molar-refractivity contribution in [3.05, 3.63) is 59.1 Å². The number of hydrogen-bond acceptors (Lipinski definition) is 7. The van der Waals surface area contributed by atoms with Crippen molar-refractivity contribution < 1.29 is 24.5 Å². The van der Waals surface area contributed by atoms with E-state index >= 15 is 0 Å². The van der Waals surface area contributed by atoms with Crippen LogP contribution in [0.1, 0.15) is 10.4 Å². The van der Waals surface area contributed by atoms with Gasteiger partial charge in [-0.15, -0.1) is 0 Å². The Morgan fingerprint density at radius 3 is 2.50 bits per heavy atom. The van der Waals surface area contributed by atoms with Gasteiger partial charge in [0.05, 0.1) is 0 Å². The van der Waals surface area contributed by atoms with Gasteiger partial charge in [-0.3, -0.25) is 10.1 Å². The topological polar surface area (TPSA) is 132 Å². The molecule has 0 bridgehead atoms. The third-order valence-electron chi connectivity index (χ3n) is 2.71. The lowest BCUT2D eigenvalue weighted by Crippen LogP contribution is -2.35. The highest BCUT2D eigenvalue weighted by atomic mass is 16.5. The maximum Gasteiger partial charge on any atom is 0.357 e. The fourth-order valence-corrected chi connectivity index (χ4v) is 1.66. The Bertz CT molecular complexity index is 716. The lowest BCUT2D eigenvalue weighted by atomic mass is 10.1. The standard InChI is InChI=1S/C14H11N3O5/c15-6-9-12(19)17-13(11(16-9)14(20)21)22-7-10(18)8-4-2-1-3-5-8/h1-5,16-17,19H,7H2,(H,20,21). The Balaban J connectivity index is 2.12. The van der Waals surface area contributed by atoms with Gasteiger partial charge in [-0.1, -0.05) is 30.3 Å². The molecule has 0 saturated heterocycles. The number of benzene rings is 1. The number of hydrogen-bond donors (Lipinski definition) is 4. The molecule has 4 N–H and O–H groups in total. The van der Waals surface area contributed by atoms with E-state index in [9.17, 15) is 14.7 Å². The Kier molecular flexibility index (Phi) is 4.29. The quantitative estimate of drug-likeness (QED) is 0.581. The molecule has 1 heterocycles. The number of nitrogens with zero attached hydrogens (tertiary/aromatic N) is 1. The highest BCUT2D eigenvalue weighted by molar-refractivity contribution is 5.97. The molecule has 0 amide bonds. The average molecular weight is 301 g/mol. The maximum absolute atomic E-state index is 11.9. The van der Waals surface area contributed by atoms with Gasteiger partial charge in [0.2, 0.25) is 11.8 Å². The van der Waals surface area contributed by atoms with E-state index in [1.165, 1.54) is 0 Å². The van der Waals surface area contributed by atoms with Crippen LogP contribution in [-0.4, -0.2) is 28.6 Å². The van der Waals surface area contributed by atoms with Crippen LogP contribution in [0.5, 0.6) is 0 Å². The van der Waals surface area contributed by atoms with Crippen molar-refractivity contribution >= 4 is 11.8 Å². The molecule has 1 aromatic rings. The number of allylic oxidation sites excluding steroid dienone is 1. The van der Waals surface area contributed by atoms with Crippen molar-refractivity contribution in [3.63, 3.8) is 0 Å². The molecule has 8 nitrogen and oxygen atoms in total. The number of nitriles is 1. The Labute approximate surface area is 124 Å². The van der Waals surface area contributed by atoms with Crippen molar-refractivity contribution in [2.24, 2.45) is 0 Å². The van der Waals surface area contributed by atoms with Crippen molar-refractivity contribution in [3.8, 4) is 6.07 Å². The third-order valence-corrected chi connectivity index (χ3v) is 2.71. The second-order valence-electron chi connectivity index (χ2n) is 4.17. The van der Waals surface area contributed by atoms with Crippen molar-refractivity contribution in [1.29, 1.82) is 5.26 Å². The third kappa shape index (κ3) is 3.16. The smallest absolute Gasteiger partial charge is 0.357 e. The maximum atomic E-state index is 11.9. The van der Waals surface area contributed by atoms with E-state index in [0.29, 0.717) is 5.56 Å². The summed E-state index contributed by atoms with van der Waals surface area (Å²) in [5, 5.41) is 31.7. The van der Waals surface area contributed by atoms with Gasteiger partial charge < -0.3 is 20.3 Å². The second kappa shape index (κ2) is 6.32. The largest absolute Gasteiger partial charge is 0.493 e. The summed E-state index contributed by atoms with van der Waals surface area (Å²) in [5.41, 5.74) is -0.435. The molecular weight excluding hydrogens is 290 g/mol. The second-order valence-corrected chi connectivity index (χ2v) is 4.17. The van der Waals surface area contributed by atoms with E-state index in [0.717, 1.165) is 0 Å². The average Bonchev–Trinajstić information content (AvgIpc) is 2.53. The molecule has 1 aliphatic rings. The predicted octanol–water partition coefficient (Wildman–Crippen LogP) is 0.583. The van der Waals surface area contributed by atoms with Crippen molar-refractivity contribution in [2.75, 3.05) is 6.61 Å². The minimum atomic E-state index is -1.41.